The lowest BCUT2D eigenvalue weighted by atomic mass is 9.92. The van der Waals surface area contributed by atoms with Crippen LogP contribution in [0.15, 0.2) is 54.6 Å². The van der Waals surface area contributed by atoms with Crippen LogP contribution in [0.4, 0.5) is 8.78 Å². The van der Waals surface area contributed by atoms with Gasteiger partial charge in [0.2, 0.25) is 5.91 Å². The van der Waals surface area contributed by atoms with Gasteiger partial charge in [-0.3, -0.25) is 4.79 Å². The zero-order chi connectivity index (χ0) is 18.1. The Bertz CT molecular complexity index is 983. The molecule has 0 saturated carbocycles. The molecule has 0 heterocycles. The largest absolute Gasteiger partial charge is 0.505 e. The van der Waals surface area contributed by atoms with Gasteiger partial charge in [0.25, 0.3) is 0 Å². The maximum atomic E-state index is 14.4. The Morgan fingerprint density at radius 1 is 1.00 bits per heavy atom. The fourth-order valence-electron chi connectivity index (χ4n) is 2.81. The number of phenols is 1. The molecule has 0 aliphatic carbocycles. The van der Waals surface area contributed by atoms with Crippen molar-refractivity contribution in [2.24, 2.45) is 5.73 Å². The number of primary amides is 1. The summed E-state index contributed by atoms with van der Waals surface area (Å²) in [5, 5.41) is 9.65. The Morgan fingerprint density at radius 2 is 1.72 bits per heavy atom. The summed E-state index contributed by atoms with van der Waals surface area (Å²) >= 11 is 0. The van der Waals surface area contributed by atoms with Gasteiger partial charge in [-0.15, -0.1) is 0 Å². The summed E-state index contributed by atoms with van der Waals surface area (Å²) in [7, 11) is 0. The number of nitrogens with two attached hydrogens (primary N) is 1. The smallest absolute Gasteiger partial charge is 0.249 e. The van der Waals surface area contributed by atoms with E-state index < -0.39 is 23.3 Å². The van der Waals surface area contributed by atoms with Gasteiger partial charge in [-0.05, 0) is 53.4 Å². The van der Waals surface area contributed by atoms with E-state index in [1.54, 1.807) is 37.3 Å². The normalized spacial score (nSPS) is 10.7. The number of aromatic hydroxyl groups is 1. The minimum absolute atomic E-state index is 0.0920. The van der Waals surface area contributed by atoms with Crippen LogP contribution in [-0.4, -0.2) is 11.0 Å². The second-order valence-electron chi connectivity index (χ2n) is 5.73. The first-order valence-corrected chi connectivity index (χ1v) is 7.56. The van der Waals surface area contributed by atoms with Crippen LogP contribution < -0.4 is 5.73 Å². The fraction of sp³-hybridized carbons (Fsp3) is 0.0500. The van der Waals surface area contributed by atoms with Crippen molar-refractivity contribution in [3.63, 3.8) is 0 Å². The van der Waals surface area contributed by atoms with E-state index >= 15 is 0 Å². The zero-order valence-electron chi connectivity index (χ0n) is 13.4. The van der Waals surface area contributed by atoms with Crippen LogP contribution in [0.25, 0.3) is 22.3 Å². The van der Waals surface area contributed by atoms with Gasteiger partial charge in [0.1, 0.15) is 5.82 Å². The molecule has 3 aromatic carbocycles. The Hall–Kier alpha value is -3.21. The number of amides is 1. The van der Waals surface area contributed by atoms with Gasteiger partial charge in [-0.2, -0.15) is 0 Å². The molecule has 25 heavy (non-hydrogen) atoms. The Kier molecular flexibility index (Phi) is 4.23. The van der Waals surface area contributed by atoms with E-state index in [1.807, 2.05) is 0 Å². The SMILES string of the molecule is Cc1ccc(O)c(F)c1-c1ccc(-c2cccc(F)c2)cc1C(N)=O. The van der Waals surface area contributed by atoms with Crippen molar-refractivity contribution in [3.05, 3.63) is 77.4 Å². The molecule has 0 radical (unpaired) electrons. The van der Waals surface area contributed by atoms with E-state index in [1.165, 1.54) is 24.3 Å². The molecular weight excluding hydrogens is 324 g/mol. The molecule has 0 atom stereocenters. The van der Waals surface area contributed by atoms with Crippen molar-refractivity contribution >= 4 is 5.91 Å². The topological polar surface area (TPSA) is 63.3 Å². The van der Waals surface area contributed by atoms with E-state index in [0.717, 1.165) is 0 Å². The summed E-state index contributed by atoms with van der Waals surface area (Å²) in [6.45, 7) is 1.67. The van der Waals surface area contributed by atoms with Crippen LogP contribution in [0.3, 0.4) is 0 Å². The highest BCUT2D eigenvalue weighted by Crippen LogP contribution is 2.35. The molecule has 3 aromatic rings. The Morgan fingerprint density at radius 3 is 2.40 bits per heavy atom. The average molecular weight is 339 g/mol. The average Bonchev–Trinajstić information content (AvgIpc) is 2.58. The molecule has 0 aliphatic heterocycles. The minimum atomic E-state index is -0.819. The molecule has 0 aliphatic rings. The summed E-state index contributed by atoms with van der Waals surface area (Å²) in [5.74, 6) is -2.47. The van der Waals surface area contributed by atoms with Crippen molar-refractivity contribution < 1.29 is 18.7 Å². The summed E-state index contributed by atoms with van der Waals surface area (Å²) < 4.78 is 27.9. The number of phenolic OH excluding ortho intramolecular Hbond substituents is 1. The van der Waals surface area contributed by atoms with Crippen LogP contribution in [0.2, 0.25) is 0 Å². The molecular formula is C20H15F2NO2. The predicted octanol–water partition coefficient (Wildman–Crippen LogP) is 4.41. The van der Waals surface area contributed by atoms with E-state index in [2.05, 4.69) is 0 Å². The Balaban J connectivity index is 2.23. The van der Waals surface area contributed by atoms with Gasteiger partial charge >= 0.3 is 0 Å². The van der Waals surface area contributed by atoms with Gasteiger partial charge in [0.15, 0.2) is 11.6 Å². The highest BCUT2D eigenvalue weighted by atomic mass is 19.1. The van der Waals surface area contributed by atoms with Crippen molar-refractivity contribution in [1.29, 1.82) is 0 Å². The molecule has 0 unspecified atom stereocenters. The molecule has 0 bridgehead atoms. The Labute approximate surface area is 143 Å². The highest BCUT2D eigenvalue weighted by Gasteiger charge is 2.19. The second kappa shape index (κ2) is 6.36. The maximum Gasteiger partial charge on any atom is 0.249 e. The monoisotopic (exact) mass is 339 g/mol. The van der Waals surface area contributed by atoms with Crippen molar-refractivity contribution in [3.8, 4) is 28.0 Å². The highest BCUT2D eigenvalue weighted by molar-refractivity contribution is 6.01. The quantitative estimate of drug-likeness (QED) is 0.742. The lowest BCUT2D eigenvalue weighted by Crippen LogP contribution is -2.13. The molecule has 0 aromatic heterocycles. The van der Waals surface area contributed by atoms with Crippen LogP contribution in [-0.2, 0) is 0 Å². The van der Waals surface area contributed by atoms with Gasteiger partial charge < -0.3 is 10.8 Å². The summed E-state index contributed by atoms with van der Waals surface area (Å²) in [4.78, 5) is 11.9. The first-order valence-electron chi connectivity index (χ1n) is 7.56. The third-order valence-electron chi connectivity index (χ3n) is 4.04. The number of aryl methyl sites for hydroxylation is 1. The lowest BCUT2D eigenvalue weighted by molar-refractivity contribution is 0.100. The van der Waals surface area contributed by atoms with Gasteiger partial charge in [-0.25, -0.2) is 8.78 Å². The van der Waals surface area contributed by atoms with Crippen molar-refractivity contribution in [2.45, 2.75) is 6.92 Å². The number of hydrogen-bond acceptors (Lipinski definition) is 2. The third-order valence-corrected chi connectivity index (χ3v) is 4.04. The molecule has 3 rings (SSSR count). The number of carbonyl (C=O) groups is 1. The van der Waals surface area contributed by atoms with Crippen LogP contribution in [0, 0.1) is 18.6 Å². The third kappa shape index (κ3) is 3.08. The second-order valence-corrected chi connectivity index (χ2v) is 5.73. The lowest BCUT2D eigenvalue weighted by Gasteiger charge is -2.14. The van der Waals surface area contributed by atoms with Gasteiger partial charge in [0, 0.05) is 11.1 Å². The van der Waals surface area contributed by atoms with E-state index in [4.69, 9.17) is 5.73 Å². The summed E-state index contributed by atoms with van der Waals surface area (Å²) in [6, 6.07) is 13.4. The number of rotatable bonds is 3. The molecule has 1 amide bonds. The number of halogens is 2. The van der Waals surface area contributed by atoms with E-state index in [-0.39, 0.29) is 16.7 Å². The molecule has 3 N–H and O–H groups in total. The van der Waals surface area contributed by atoms with Crippen LogP contribution >= 0.6 is 0 Å². The molecule has 0 fully saturated rings. The first kappa shape index (κ1) is 16.6. The van der Waals surface area contributed by atoms with E-state index in [0.29, 0.717) is 16.7 Å². The number of hydrogen-bond donors (Lipinski definition) is 2. The summed E-state index contributed by atoms with van der Waals surface area (Å²) in [5.41, 5.74) is 7.65. The van der Waals surface area contributed by atoms with Gasteiger partial charge in [0.05, 0.1) is 0 Å². The fourth-order valence-corrected chi connectivity index (χ4v) is 2.81. The molecule has 5 heteroatoms. The molecule has 126 valence electrons. The van der Waals surface area contributed by atoms with E-state index in [9.17, 15) is 18.7 Å². The summed E-state index contributed by atoms with van der Waals surface area (Å²) in [6.07, 6.45) is 0. The maximum absolute atomic E-state index is 14.4. The van der Waals surface area contributed by atoms with Crippen molar-refractivity contribution in [1.82, 2.24) is 0 Å². The molecule has 0 spiro atoms. The molecule has 0 saturated heterocycles. The van der Waals surface area contributed by atoms with Crippen LogP contribution in [0.1, 0.15) is 15.9 Å². The van der Waals surface area contributed by atoms with Gasteiger partial charge in [-0.1, -0.05) is 30.3 Å². The molecule has 3 nitrogen and oxygen atoms in total. The minimum Gasteiger partial charge on any atom is -0.505 e. The number of carbonyl (C=O) groups excluding carboxylic acids is 1. The van der Waals surface area contributed by atoms with Crippen molar-refractivity contribution in [2.75, 3.05) is 0 Å². The number of benzene rings is 3. The zero-order valence-corrected chi connectivity index (χ0v) is 13.4. The van der Waals surface area contributed by atoms with Crippen LogP contribution in [0.5, 0.6) is 5.75 Å². The predicted molar refractivity (Wildman–Crippen MR) is 92.1 cm³/mol. The standard InChI is InChI=1S/C20H15F2NO2/c1-11-5-8-17(24)19(22)18(11)15-7-6-13(10-16(15)20(23)25)12-3-2-4-14(21)9-12/h2-10,24H,1H3,(H2,23,25). The first-order chi connectivity index (χ1) is 11.9.